The van der Waals surface area contributed by atoms with Crippen molar-refractivity contribution in [3.63, 3.8) is 0 Å². The Morgan fingerprint density at radius 1 is 1.06 bits per heavy atom. The second-order valence-corrected chi connectivity index (χ2v) is 7.68. The lowest BCUT2D eigenvalue weighted by Crippen LogP contribution is -2.30. The highest BCUT2D eigenvalue weighted by Gasteiger charge is 2.16. The van der Waals surface area contributed by atoms with Crippen LogP contribution in [-0.2, 0) is 11.8 Å². The molecule has 0 radical (unpaired) electrons. The molecule has 9 heteroatoms. The van der Waals surface area contributed by atoms with E-state index < -0.39 is 0 Å². The second kappa shape index (κ2) is 10.2. The summed E-state index contributed by atoms with van der Waals surface area (Å²) in [7, 11) is 1.73. The van der Waals surface area contributed by atoms with Crippen LogP contribution in [0.3, 0.4) is 0 Å². The monoisotopic (exact) mass is 441 g/mol. The molecule has 3 rings (SSSR count). The largest absolute Gasteiger partial charge is 0.339 e. The molecule has 162 valence electrons. The van der Waals surface area contributed by atoms with Crippen LogP contribution in [0.2, 0.25) is 0 Å². The minimum atomic E-state index is -0.379. The number of carbonyl (C=O) groups excluding carboxylic acids is 2. The maximum Gasteiger partial charge on any atom is 0.253 e. The third kappa shape index (κ3) is 5.29. The zero-order valence-corrected chi connectivity index (χ0v) is 18.4. The number of aromatic nitrogens is 3. The van der Waals surface area contributed by atoms with Gasteiger partial charge in [-0.1, -0.05) is 23.9 Å². The molecule has 0 atom stereocenters. The number of rotatable bonds is 8. The van der Waals surface area contributed by atoms with E-state index in [0.29, 0.717) is 40.9 Å². The molecule has 1 heterocycles. The highest BCUT2D eigenvalue weighted by molar-refractivity contribution is 7.99. The summed E-state index contributed by atoms with van der Waals surface area (Å²) in [6.07, 6.45) is 0. The van der Waals surface area contributed by atoms with Gasteiger partial charge in [0.25, 0.3) is 5.91 Å². The lowest BCUT2D eigenvalue weighted by molar-refractivity contribution is -0.113. The first-order chi connectivity index (χ1) is 14.9. The first kappa shape index (κ1) is 22.5. The Morgan fingerprint density at radius 2 is 1.74 bits per heavy atom. The summed E-state index contributed by atoms with van der Waals surface area (Å²) >= 11 is 1.21. The van der Waals surface area contributed by atoms with Gasteiger partial charge in [-0.25, -0.2) is 4.39 Å². The van der Waals surface area contributed by atoms with Gasteiger partial charge in [-0.15, -0.1) is 10.2 Å². The molecule has 2 aromatic carbocycles. The van der Waals surface area contributed by atoms with Crippen molar-refractivity contribution in [2.24, 2.45) is 7.05 Å². The Kier molecular flexibility index (Phi) is 7.41. The number of benzene rings is 2. The van der Waals surface area contributed by atoms with E-state index in [0.717, 1.165) is 0 Å². The molecule has 0 bridgehead atoms. The van der Waals surface area contributed by atoms with E-state index in [1.54, 1.807) is 59.0 Å². The predicted molar refractivity (Wildman–Crippen MR) is 119 cm³/mol. The summed E-state index contributed by atoms with van der Waals surface area (Å²) in [5.74, 6) is -0.122. The fourth-order valence-corrected chi connectivity index (χ4v) is 3.75. The minimum Gasteiger partial charge on any atom is -0.339 e. The SMILES string of the molecule is CCN(CC)C(=O)c1ccc(NC(=O)CSc2nnc(-c3ccccc3F)n2C)cc1. The summed E-state index contributed by atoms with van der Waals surface area (Å²) in [5, 5.41) is 11.4. The summed E-state index contributed by atoms with van der Waals surface area (Å²) in [5.41, 5.74) is 1.54. The Morgan fingerprint density at radius 3 is 2.39 bits per heavy atom. The van der Waals surface area contributed by atoms with E-state index >= 15 is 0 Å². The van der Waals surface area contributed by atoms with Crippen LogP contribution < -0.4 is 5.32 Å². The number of carbonyl (C=O) groups is 2. The minimum absolute atomic E-state index is 0.0358. The molecule has 0 aliphatic rings. The summed E-state index contributed by atoms with van der Waals surface area (Å²) in [6, 6.07) is 13.2. The number of hydrogen-bond donors (Lipinski definition) is 1. The lowest BCUT2D eigenvalue weighted by atomic mass is 10.2. The fraction of sp³-hybridized carbons (Fsp3) is 0.273. The van der Waals surface area contributed by atoms with Gasteiger partial charge >= 0.3 is 0 Å². The van der Waals surface area contributed by atoms with E-state index in [2.05, 4.69) is 15.5 Å². The normalized spacial score (nSPS) is 10.7. The predicted octanol–water partition coefficient (Wildman–Crippen LogP) is 3.83. The molecule has 0 spiro atoms. The van der Waals surface area contributed by atoms with Crippen molar-refractivity contribution in [3.8, 4) is 11.4 Å². The number of halogens is 1. The van der Waals surface area contributed by atoms with E-state index in [-0.39, 0.29) is 23.4 Å². The smallest absolute Gasteiger partial charge is 0.253 e. The van der Waals surface area contributed by atoms with E-state index in [9.17, 15) is 14.0 Å². The first-order valence-corrected chi connectivity index (χ1v) is 10.9. The molecular weight excluding hydrogens is 417 g/mol. The van der Waals surface area contributed by atoms with Gasteiger partial charge in [0, 0.05) is 31.4 Å². The topological polar surface area (TPSA) is 80.1 Å². The quantitative estimate of drug-likeness (QED) is 0.538. The van der Waals surface area contributed by atoms with Gasteiger partial charge < -0.3 is 14.8 Å². The standard InChI is InChI=1S/C22H24FN5O2S/c1-4-28(5-2)21(30)15-10-12-16(13-11-15)24-19(29)14-31-22-26-25-20(27(22)3)17-8-6-7-9-18(17)23/h6-13H,4-5,14H2,1-3H3,(H,24,29). The van der Waals surface area contributed by atoms with Gasteiger partial charge in [0.05, 0.1) is 11.3 Å². The lowest BCUT2D eigenvalue weighted by Gasteiger charge is -2.18. The van der Waals surface area contributed by atoms with Gasteiger partial charge in [0.1, 0.15) is 5.82 Å². The van der Waals surface area contributed by atoms with Crippen LogP contribution in [0.1, 0.15) is 24.2 Å². The molecule has 31 heavy (non-hydrogen) atoms. The van der Waals surface area contributed by atoms with Crippen molar-refractivity contribution in [1.29, 1.82) is 0 Å². The third-order valence-electron chi connectivity index (χ3n) is 4.75. The maximum atomic E-state index is 14.0. The number of amides is 2. The fourth-order valence-electron chi connectivity index (χ4n) is 3.03. The number of thioether (sulfide) groups is 1. The third-order valence-corrected chi connectivity index (χ3v) is 5.77. The molecule has 7 nitrogen and oxygen atoms in total. The van der Waals surface area contributed by atoms with Crippen molar-refractivity contribution < 1.29 is 14.0 Å². The Bertz CT molecular complexity index is 1060. The van der Waals surface area contributed by atoms with E-state index in [4.69, 9.17) is 0 Å². The molecule has 0 saturated carbocycles. The molecule has 2 amide bonds. The number of hydrogen-bond acceptors (Lipinski definition) is 5. The molecule has 1 aromatic heterocycles. The zero-order valence-electron chi connectivity index (χ0n) is 17.6. The van der Waals surface area contributed by atoms with Crippen molar-refractivity contribution in [3.05, 3.63) is 59.9 Å². The van der Waals surface area contributed by atoms with Crippen molar-refractivity contribution in [1.82, 2.24) is 19.7 Å². The average Bonchev–Trinajstić information content (AvgIpc) is 3.14. The second-order valence-electron chi connectivity index (χ2n) is 6.74. The molecular formula is C22H24FN5O2S. The highest BCUT2D eigenvalue weighted by Crippen LogP contribution is 2.24. The molecule has 0 saturated heterocycles. The summed E-state index contributed by atoms with van der Waals surface area (Å²) in [6.45, 7) is 5.16. The Balaban J connectivity index is 1.59. The van der Waals surface area contributed by atoms with Gasteiger partial charge in [-0.2, -0.15) is 0 Å². The molecule has 0 unspecified atom stereocenters. The van der Waals surface area contributed by atoms with Crippen LogP contribution in [0.5, 0.6) is 0 Å². The van der Waals surface area contributed by atoms with Gasteiger partial charge in [-0.3, -0.25) is 9.59 Å². The molecule has 0 fully saturated rings. The molecule has 0 aliphatic carbocycles. The van der Waals surface area contributed by atoms with Crippen LogP contribution in [0, 0.1) is 5.82 Å². The van der Waals surface area contributed by atoms with Crippen LogP contribution in [0.15, 0.2) is 53.7 Å². The maximum absolute atomic E-state index is 14.0. The van der Waals surface area contributed by atoms with Gasteiger partial charge in [0.2, 0.25) is 5.91 Å². The average molecular weight is 442 g/mol. The first-order valence-electron chi connectivity index (χ1n) is 9.90. The Hall–Kier alpha value is -3.20. The Labute approximate surface area is 184 Å². The summed E-state index contributed by atoms with van der Waals surface area (Å²) in [4.78, 5) is 26.4. The highest BCUT2D eigenvalue weighted by atomic mass is 32.2. The van der Waals surface area contributed by atoms with Crippen molar-refractivity contribution in [2.45, 2.75) is 19.0 Å². The number of nitrogens with one attached hydrogen (secondary N) is 1. The molecule has 3 aromatic rings. The zero-order chi connectivity index (χ0) is 22.4. The number of nitrogens with zero attached hydrogens (tertiary/aromatic N) is 4. The van der Waals surface area contributed by atoms with E-state index in [1.807, 2.05) is 13.8 Å². The van der Waals surface area contributed by atoms with Crippen molar-refractivity contribution in [2.75, 3.05) is 24.2 Å². The van der Waals surface area contributed by atoms with Crippen LogP contribution in [0.25, 0.3) is 11.4 Å². The van der Waals surface area contributed by atoms with Crippen LogP contribution >= 0.6 is 11.8 Å². The van der Waals surface area contributed by atoms with Gasteiger partial charge in [-0.05, 0) is 50.2 Å². The molecule has 1 N–H and O–H groups in total. The number of anilines is 1. The van der Waals surface area contributed by atoms with Gasteiger partial charge in [0.15, 0.2) is 11.0 Å². The molecule has 0 aliphatic heterocycles. The van der Waals surface area contributed by atoms with Crippen LogP contribution in [-0.4, -0.2) is 50.3 Å². The van der Waals surface area contributed by atoms with Crippen molar-refractivity contribution >= 4 is 29.3 Å². The van der Waals surface area contributed by atoms with E-state index in [1.165, 1.54) is 17.8 Å². The van der Waals surface area contributed by atoms with Crippen LogP contribution in [0.4, 0.5) is 10.1 Å². The summed E-state index contributed by atoms with van der Waals surface area (Å²) < 4.78 is 15.7.